The number of nitrogens with zero attached hydrogens (tertiary/aromatic N) is 1. The van der Waals surface area contributed by atoms with Crippen LogP contribution in [0.25, 0.3) is 11.3 Å². The second kappa shape index (κ2) is 7.69. The molecule has 0 saturated carbocycles. The van der Waals surface area contributed by atoms with Gasteiger partial charge in [0.1, 0.15) is 6.10 Å². The Hall–Kier alpha value is -1.47. The normalized spacial score (nSPS) is 17.6. The van der Waals surface area contributed by atoms with Crippen LogP contribution in [0.1, 0.15) is 5.56 Å². The first-order valence-corrected chi connectivity index (χ1v) is 7.76. The van der Waals surface area contributed by atoms with E-state index in [-0.39, 0.29) is 18.3 Å². The number of rotatable bonds is 3. The Bertz CT molecular complexity index is 624. The van der Waals surface area contributed by atoms with Gasteiger partial charge in [-0.25, -0.2) is 4.98 Å². The number of carbonyl (C=O) groups is 1. The van der Waals surface area contributed by atoms with Crippen molar-refractivity contribution in [2.24, 2.45) is 0 Å². The monoisotopic (exact) mass is 339 g/mol. The van der Waals surface area contributed by atoms with Gasteiger partial charge in [0.2, 0.25) is 0 Å². The van der Waals surface area contributed by atoms with Gasteiger partial charge in [0, 0.05) is 24.0 Å². The van der Waals surface area contributed by atoms with Gasteiger partial charge in [-0.05, 0) is 6.92 Å². The summed E-state index contributed by atoms with van der Waals surface area (Å²) < 4.78 is 5.42. The molecule has 0 aliphatic carbocycles. The lowest BCUT2D eigenvalue weighted by atomic mass is 10.1. The summed E-state index contributed by atoms with van der Waals surface area (Å²) in [6.07, 6.45) is -0.439. The van der Waals surface area contributed by atoms with Gasteiger partial charge in [0.25, 0.3) is 5.91 Å². The topological polar surface area (TPSA) is 63.2 Å². The molecule has 1 aliphatic rings. The highest BCUT2D eigenvalue weighted by atomic mass is 35.5. The van der Waals surface area contributed by atoms with E-state index in [0.29, 0.717) is 18.3 Å². The van der Waals surface area contributed by atoms with E-state index in [4.69, 9.17) is 4.74 Å². The van der Waals surface area contributed by atoms with E-state index < -0.39 is 6.10 Å². The molecule has 1 saturated heterocycles. The Morgan fingerprint density at radius 1 is 1.41 bits per heavy atom. The van der Waals surface area contributed by atoms with E-state index in [2.05, 4.69) is 34.7 Å². The number of benzene rings is 1. The molecule has 0 bridgehead atoms. The molecule has 1 atom stereocenters. The minimum atomic E-state index is -0.439. The molecular formula is C15H18ClN3O2S. The smallest absolute Gasteiger partial charge is 0.256 e. The largest absolute Gasteiger partial charge is 0.366 e. The quantitative estimate of drug-likeness (QED) is 0.901. The average molecular weight is 340 g/mol. The first-order valence-electron chi connectivity index (χ1n) is 6.88. The first-order chi connectivity index (χ1) is 10.2. The van der Waals surface area contributed by atoms with E-state index in [1.807, 2.05) is 17.5 Å². The van der Waals surface area contributed by atoms with Crippen molar-refractivity contribution in [2.45, 2.75) is 13.0 Å². The molecule has 1 amide bonds. The maximum Gasteiger partial charge on any atom is 0.256 e. The molecule has 22 heavy (non-hydrogen) atoms. The van der Waals surface area contributed by atoms with Crippen LogP contribution in [0.4, 0.5) is 5.13 Å². The molecule has 1 aliphatic heterocycles. The third-order valence-electron chi connectivity index (χ3n) is 3.30. The summed E-state index contributed by atoms with van der Waals surface area (Å²) in [6.45, 7) is 3.94. The number of hydrogen-bond donors (Lipinski definition) is 2. The maximum atomic E-state index is 12.0. The number of carbonyl (C=O) groups excluding carboxylic acids is 1. The number of aryl methyl sites for hydroxylation is 1. The molecule has 1 fully saturated rings. The van der Waals surface area contributed by atoms with Gasteiger partial charge in [-0.15, -0.1) is 23.7 Å². The van der Waals surface area contributed by atoms with E-state index in [1.54, 1.807) is 0 Å². The minimum Gasteiger partial charge on any atom is -0.366 e. The van der Waals surface area contributed by atoms with Crippen molar-refractivity contribution in [1.29, 1.82) is 0 Å². The van der Waals surface area contributed by atoms with Crippen molar-refractivity contribution in [1.82, 2.24) is 10.3 Å². The number of anilines is 1. The molecule has 2 N–H and O–H groups in total. The van der Waals surface area contributed by atoms with E-state index in [0.717, 1.165) is 17.8 Å². The van der Waals surface area contributed by atoms with E-state index in [1.165, 1.54) is 16.9 Å². The summed E-state index contributed by atoms with van der Waals surface area (Å²) in [6, 6.07) is 8.16. The van der Waals surface area contributed by atoms with Crippen molar-refractivity contribution in [3.8, 4) is 11.3 Å². The lowest BCUT2D eigenvalue weighted by Crippen LogP contribution is -2.45. The highest BCUT2D eigenvalue weighted by Crippen LogP contribution is 2.25. The summed E-state index contributed by atoms with van der Waals surface area (Å²) in [5.41, 5.74) is 3.13. The van der Waals surface area contributed by atoms with Crippen molar-refractivity contribution >= 4 is 34.8 Å². The Morgan fingerprint density at radius 2 is 2.18 bits per heavy atom. The number of nitrogens with one attached hydrogen (secondary N) is 2. The van der Waals surface area contributed by atoms with Gasteiger partial charge in [0.15, 0.2) is 5.13 Å². The fourth-order valence-corrected chi connectivity index (χ4v) is 2.83. The van der Waals surface area contributed by atoms with Gasteiger partial charge in [-0.3, -0.25) is 10.1 Å². The number of hydrogen-bond acceptors (Lipinski definition) is 5. The van der Waals surface area contributed by atoms with Crippen LogP contribution in [0.2, 0.25) is 0 Å². The lowest BCUT2D eigenvalue weighted by molar-refractivity contribution is -0.128. The number of thiazole rings is 1. The predicted molar refractivity (Wildman–Crippen MR) is 90.8 cm³/mol. The molecule has 1 unspecified atom stereocenters. The average Bonchev–Trinajstić information content (AvgIpc) is 2.97. The van der Waals surface area contributed by atoms with Crippen LogP contribution < -0.4 is 10.6 Å². The Labute approximate surface area is 139 Å². The van der Waals surface area contributed by atoms with Crippen LogP contribution in [0, 0.1) is 6.92 Å². The van der Waals surface area contributed by atoms with Gasteiger partial charge < -0.3 is 10.1 Å². The van der Waals surface area contributed by atoms with Gasteiger partial charge in [-0.1, -0.05) is 29.8 Å². The summed E-state index contributed by atoms with van der Waals surface area (Å²) in [5, 5.41) is 8.50. The zero-order valence-corrected chi connectivity index (χ0v) is 13.8. The second-order valence-electron chi connectivity index (χ2n) is 4.96. The van der Waals surface area contributed by atoms with Crippen LogP contribution in [0.5, 0.6) is 0 Å². The molecule has 1 aromatic heterocycles. The summed E-state index contributed by atoms with van der Waals surface area (Å²) in [4.78, 5) is 16.5. The maximum absolute atomic E-state index is 12.0. The number of morpholine rings is 1. The fourth-order valence-electron chi connectivity index (χ4n) is 2.11. The Balaban J connectivity index is 0.00000176. The molecular weight excluding hydrogens is 322 g/mol. The summed E-state index contributed by atoms with van der Waals surface area (Å²) in [7, 11) is 0. The lowest BCUT2D eigenvalue weighted by Gasteiger charge is -2.22. The Morgan fingerprint density at radius 3 is 2.86 bits per heavy atom. The molecule has 0 radical (unpaired) electrons. The van der Waals surface area contributed by atoms with Gasteiger partial charge >= 0.3 is 0 Å². The van der Waals surface area contributed by atoms with E-state index >= 15 is 0 Å². The third-order valence-corrected chi connectivity index (χ3v) is 4.06. The standard InChI is InChI=1S/C15H17N3O2S.ClH/c1-10-2-4-11(5-3-10)12-9-21-15(17-12)18-14(19)13-8-16-6-7-20-13;/h2-5,9,13,16H,6-8H2,1H3,(H,17,18,19);1H. The predicted octanol–water partition coefficient (Wildman–Crippen LogP) is 2.47. The van der Waals surface area contributed by atoms with Crippen LogP contribution in [0.15, 0.2) is 29.6 Å². The highest BCUT2D eigenvalue weighted by molar-refractivity contribution is 7.14. The molecule has 3 rings (SSSR count). The van der Waals surface area contributed by atoms with Crippen molar-refractivity contribution in [2.75, 3.05) is 25.0 Å². The number of ether oxygens (including phenoxy) is 1. The van der Waals surface area contributed by atoms with Crippen molar-refractivity contribution in [3.63, 3.8) is 0 Å². The molecule has 0 spiro atoms. The third kappa shape index (κ3) is 4.04. The number of amides is 1. The van der Waals surface area contributed by atoms with Crippen LogP contribution in [-0.4, -0.2) is 36.7 Å². The molecule has 118 valence electrons. The van der Waals surface area contributed by atoms with Crippen LogP contribution in [0.3, 0.4) is 0 Å². The van der Waals surface area contributed by atoms with Crippen LogP contribution in [-0.2, 0) is 9.53 Å². The molecule has 2 aromatic rings. The van der Waals surface area contributed by atoms with Crippen LogP contribution >= 0.6 is 23.7 Å². The molecule has 7 heteroatoms. The molecule has 2 heterocycles. The zero-order valence-electron chi connectivity index (χ0n) is 12.2. The molecule has 5 nitrogen and oxygen atoms in total. The summed E-state index contributed by atoms with van der Waals surface area (Å²) in [5.74, 6) is -0.146. The van der Waals surface area contributed by atoms with Crippen molar-refractivity contribution in [3.05, 3.63) is 35.2 Å². The zero-order chi connectivity index (χ0) is 14.7. The summed E-state index contributed by atoms with van der Waals surface area (Å²) >= 11 is 1.42. The van der Waals surface area contributed by atoms with Gasteiger partial charge in [-0.2, -0.15) is 0 Å². The number of aromatic nitrogens is 1. The van der Waals surface area contributed by atoms with Gasteiger partial charge in [0.05, 0.1) is 12.3 Å². The fraction of sp³-hybridized carbons (Fsp3) is 0.333. The van der Waals surface area contributed by atoms with Crippen molar-refractivity contribution < 1.29 is 9.53 Å². The van der Waals surface area contributed by atoms with E-state index in [9.17, 15) is 4.79 Å². The first kappa shape index (κ1) is 16.9. The Kier molecular flexibility index (Phi) is 5.90. The second-order valence-corrected chi connectivity index (χ2v) is 5.81. The number of halogens is 1. The highest BCUT2D eigenvalue weighted by Gasteiger charge is 2.22. The molecule has 1 aromatic carbocycles. The minimum absolute atomic E-state index is 0. The SMILES string of the molecule is Cc1ccc(-c2csc(NC(=O)C3CNCCO3)n2)cc1.Cl.